The van der Waals surface area contributed by atoms with Crippen molar-refractivity contribution >= 4 is 0 Å². The maximum atomic E-state index is 6.54. The summed E-state index contributed by atoms with van der Waals surface area (Å²) in [5.41, 5.74) is 9.12. The molecule has 2 unspecified atom stereocenters. The zero-order chi connectivity index (χ0) is 14.1. The second kappa shape index (κ2) is 5.87. The lowest BCUT2D eigenvalue weighted by atomic mass is 9.98. The quantitative estimate of drug-likeness (QED) is 0.823. The van der Waals surface area contributed by atoms with Gasteiger partial charge in [-0.05, 0) is 56.9 Å². The summed E-state index contributed by atoms with van der Waals surface area (Å²) in [5, 5.41) is 0. The molecule has 110 valence electrons. The van der Waals surface area contributed by atoms with E-state index >= 15 is 0 Å². The third-order valence-electron chi connectivity index (χ3n) is 4.94. The van der Waals surface area contributed by atoms with E-state index in [1.165, 1.54) is 49.9 Å². The molecule has 2 atom stereocenters. The Labute approximate surface area is 123 Å². The first-order valence-electron chi connectivity index (χ1n) is 8.19. The fourth-order valence-electron chi connectivity index (χ4n) is 2.97. The molecule has 20 heavy (non-hydrogen) atoms. The van der Waals surface area contributed by atoms with Gasteiger partial charge in [-0.15, -0.1) is 0 Å². The number of nitrogens with two attached hydrogens (primary N) is 1. The van der Waals surface area contributed by atoms with Crippen LogP contribution >= 0.6 is 0 Å². The Morgan fingerprint density at radius 2 is 1.55 bits per heavy atom. The molecule has 2 aliphatic carbocycles. The van der Waals surface area contributed by atoms with E-state index in [4.69, 9.17) is 5.73 Å². The van der Waals surface area contributed by atoms with Crippen molar-refractivity contribution in [3.05, 3.63) is 35.4 Å². The van der Waals surface area contributed by atoms with Crippen molar-refractivity contribution in [1.82, 2.24) is 4.90 Å². The number of nitrogens with zero attached hydrogens (tertiary/aromatic N) is 1. The van der Waals surface area contributed by atoms with Crippen LogP contribution in [0.15, 0.2) is 24.3 Å². The Balaban J connectivity index is 1.66. The Morgan fingerprint density at radius 1 is 1.05 bits per heavy atom. The SMILES string of the molecule is Cc1ccc(C(N)C(C)N(CC2CC2)CC2CC2)cc1. The van der Waals surface area contributed by atoms with E-state index in [2.05, 4.69) is 43.0 Å². The molecule has 2 N–H and O–H groups in total. The standard InChI is InChI=1S/C18H28N2/c1-13-3-9-17(10-4-13)18(19)14(2)20(11-15-5-6-15)12-16-7-8-16/h3-4,9-10,14-16,18H,5-8,11-12,19H2,1-2H3. The van der Waals surface area contributed by atoms with Gasteiger partial charge in [-0.3, -0.25) is 4.90 Å². The number of aryl methyl sites for hydroxylation is 1. The third kappa shape index (κ3) is 3.62. The maximum absolute atomic E-state index is 6.54. The van der Waals surface area contributed by atoms with Crippen molar-refractivity contribution in [2.24, 2.45) is 17.6 Å². The van der Waals surface area contributed by atoms with Crippen molar-refractivity contribution < 1.29 is 0 Å². The predicted octanol–water partition coefficient (Wildman–Crippen LogP) is 3.51. The van der Waals surface area contributed by atoms with Gasteiger partial charge in [0.15, 0.2) is 0 Å². The Morgan fingerprint density at radius 3 is 2.00 bits per heavy atom. The predicted molar refractivity (Wildman–Crippen MR) is 84.6 cm³/mol. The highest BCUT2D eigenvalue weighted by Crippen LogP contribution is 2.35. The van der Waals surface area contributed by atoms with E-state index in [9.17, 15) is 0 Å². The van der Waals surface area contributed by atoms with Crippen LogP contribution in [0.3, 0.4) is 0 Å². The molecular formula is C18H28N2. The summed E-state index contributed by atoms with van der Waals surface area (Å²) in [5.74, 6) is 1.89. The minimum Gasteiger partial charge on any atom is -0.323 e. The molecule has 1 aromatic carbocycles. The van der Waals surface area contributed by atoms with Crippen molar-refractivity contribution in [1.29, 1.82) is 0 Å². The lowest BCUT2D eigenvalue weighted by Crippen LogP contribution is -2.43. The summed E-state index contributed by atoms with van der Waals surface area (Å²) >= 11 is 0. The number of rotatable bonds is 7. The van der Waals surface area contributed by atoms with E-state index in [-0.39, 0.29) is 6.04 Å². The minimum absolute atomic E-state index is 0.132. The van der Waals surface area contributed by atoms with Crippen LogP contribution in [0.1, 0.15) is 49.8 Å². The Bertz CT molecular complexity index is 417. The molecule has 0 aromatic heterocycles. The van der Waals surface area contributed by atoms with Crippen LogP contribution in [0.25, 0.3) is 0 Å². The van der Waals surface area contributed by atoms with Crippen LogP contribution in [0.2, 0.25) is 0 Å². The number of benzene rings is 1. The van der Waals surface area contributed by atoms with Gasteiger partial charge in [0.1, 0.15) is 0 Å². The van der Waals surface area contributed by atoms with Crippen molar-refractivity contribution in [2.45, 2.75) is 51.6 Å². The van der Waals surface area contributed by atoms with Crippen LogP contribution in [-0.4, -0.2) is 24.0 Å². The first-order chi connectivity index (χ1) is 9.63. The molecule has 1 aromatic rings. The van der Waals surface area contributed by atoms with E-state index in [0.717, 1.165) is 11.8 Å². The van der Waals surface area contributed by atoms with E-state index in [1.807, 2.05) is 0 Å². The van der Waals surface area contributed by atoms with Gasteiger partial charge in [0.2, 0.25) is 0 Å². The van der Waals surface area contributed by atoms with Gasteiger partial charge in [-0.1, -0.05) is 29.8 Å². The van der Waals surface area contributed by atoms with Crippen LogP contribution in [0, 0.1) is 18.8 Å². The highest BCUT2D eigenvalue weighted by molar-refractivity contribution is 5.24. The second-order valence-corrected chi connectivity index (χ2v) is 7.02. The first-order valence-corrected chi connectivity index (χ1v) is 8.19. The molecule has 0 bridgehead atoms. The fraction of sp³-hybridized carbons (Fsp3) is 0.667. The van der Waals surface area contributed by atoms with E-state index < -0.39 is 0 Å². The van der Waals surface area contributed by atoms with Crippen molar-refractivity contribution in [2.75, 3.05) is 13.1 Å². The molecule has 0 saturated heterocycles. The molecule has 2 saturated carbocycles. The zero-order valence-electron chi connectivity index (χ0n) is 12.9. The molecule has 0 spiro atoms. The molecule has 2 nitrogen and oxygen atoms in total. The van der Waals surface area contributed by atoms with Crippen LogP contribution in [0.4, 0.5) is 0 Å². The minimum atomic E-state index is 0.132. The molecular weight excluding hydrogens is 244 g/mol. The van der Waals surface area contributed by atoms with Gasteiger partial charge in [0, 0.05) is 25.2 Å². The summed E-state index contributed by atoms with van der Waals surface area (Å²) in [6, 6.07) is 9.32. The Hall–Kier alpha value is -0.860. The Kier molecular flexibility index (Phi) is 4.13. The van der Waals surface area contributed by atoms with Gasteiger partial charge in [-0.25, -0.2) is 0 Å². The average molecular weight is 272 g/mol. The van der Waals surface area contributed by atoms with Crippen molar-refractivity contribution in [3.63, 3.8) is 0 Å². The van der Waals surface area contributed by atoms with Gasteiger partial charge in [-0.2, -0.15) is 0 Å². The molecule has 0 amide bonds. The van der Waals surface area contributed by atoms with Crippen LogP contribution < -0.4 is 5.73 Å². The topological polar surface area (TPSA) is 29.3 Å². The van der Waals surface area contributed by atoms with E-state index in [1.54, 1.807) is 0 Å². The van der Waals surface area contributed by atoms with Crippen molar-refractivity contribution in [3.8, 4) is 0 Å². The van der Waals surface area contributed by atoms with Crippen LogP contribution in [0.5, 0.6) is 0 Å². The molecule has 3 rings (SSSR count). The summed E-state index contributed by atoms with van der Waals surface area (Å²) in [7, 11) is 0. The first kappa shape index (κ1) is 14.1. The zero-order valence-corrected chi connectivity index (χ0v) is 12.9. The molecule has 0 radical (unpaired) electrons. The largest absolute Gasteiger partial charge is 0.323 e. The highest BCUT2D eigenvalue weighted by atomic mass is 15.2. The third-order valence-corrected chi connectivity index (χ3v) is 4.94. The normalized spacial score (nSPS) is 22.0. The molecule has 2 fully saturated rings. The smallest absolute Gasteiger partial charge is 0.0450 e. The fourth-order valence-corrected chi connectivity index (χ4v) is 2.97. The van der Waals surface area contributed by atoms with Crippen LogP contribution in [-0.2, 0) is 0 Å². The van der Waals surface area contributed by atoms with Gasteiger partial charge < -0.3 is 5.73 Å². The molecule has 2 aliphatic rings. The van der Waals surface area contributed by atoms with Gasteiger partial charge in [0.05, 0.1) is 0 Å². The molecule has 0 heterocycles. The maximum Gasteiger partial charge on any atom is 0.0450 e. The summed E-state index contributed by atoms with van der Waals surface area (Å²) in [6.45, 7) is 6.97. The lowest BCUT2D eigenvalue weighted by Gasteiger charge is -2.33. The molecule has 2 heteroatoms. The monoisotopic (exact) mass is 272 g/mol. The summed E-state index contributed by atoms with van der Waals surface area (Å²) < 4.78 is 0. The van der Waals surface area contributed by atoms with Gasteiger partial charge >= 0.3 is 0 Å². The number of hydrogen-bond donors (Lipinski definition) is 1. The second-order valence-electron chi connectivity index (χ2n) is 7.02. The lowest BCUT2D eigenvalue weighted by molar-refractivity contribution is 0.169. The molecule has 0 aliphatic heterocycles. The summed E-state index contributed by atoms with van der Waals surface area (Å²) in [6.07, 6.45) is 5.70. The number of hydrogen-bond acceptors (Lipinski definition) is 2. The van der Waals surface area contributed by atoms with E-state index in [0.29, 0.717) is 6.04 Å². The highest BCUT2D eigenvalue weighted by Gasteiger charge is 2.33. The average Bonchev–Trinajstić information content (AvgIpc) is 3.32. The van der Waals surface area contributed by atoms with Gasteiger partial charge in [0.25, 0.3) is 0 Å². The summed E-state index contributed by atoms with van der Waals surface area (Å²) in [4.78, 5) is 2.67.